The van der Waals surface area contributed by atoms with Gasteiger partial charge in [-0.2, -0.15) is 0 Å². The third kappa shape index (κ3) is 1.15. The average Bonchev–Trinajstić information content (AvgIpc) is 2.44. The zero-order chi connectivity index (χ0) is 8.55. The Balaban J connectivity index is 2.78. The van der Waals surface area contributed by atoms with E-state index in [-0.39, 0.29) is 0 Å². The normalized spacial score (nSPS) is 10.8. The molecule has 0 saturated carbocycles. The summed E-state index contributed by atoms with van der Waals surface area (Å²) < 4.78 is 6.43. The molecule has 3 heteroatoms. The highest BCUT2D eigenvalue weighted by atomic mass is 79.9. The van der Waals surface area contributed by atoms with Gasteiger partial charge in [-0.05, 0) is 28.1 Å². The lowest BCUT2D eigenvalue weighted by atomic mass is 10.2. The van der Waals surface area contributed by atoms with Gasteiger partial charge in [-0.15, -0.1) is 11.6 Å². The number of rotatable bonds is 1. The molecule has 0 unspecified atom stereocenters. The van der Waals surface area contributed by atoms with Crippen LogP contribution in [0.4, 0.5) is 0 Å². The van der Waals surface area contributed by atoms with Crippen LogP contribution in [0.5, 0.6) is 0 Å². The number of benzene rings is 1. The molecule has 1 heterocycles. The SMILES string of the molecule is ClCc1oc2ccccc2c1Br. The molecule has 0 aliphatic carbocycles. The topological polar surface area (TPSA) is 13.1 Å². The van der Waals surface area contributed by atoms with Crippen LogP contribution in [-0.4, -0.2) is 0 Å². The molecule has 0 amide bonds. The molecular formula is C9H6BrClO. The maximum absolute atomic E-state index is 5.68. The zero-order valence-electron chi connectivity index (χ0n) is 6.18. The fraction of sp³-hybridized carbons (Fsp3) is 0.111. The fourth-order valence-electron chi connectivity index (χ4n) is 1.15. The third-order valence-corrected chi connectivity index (χ3v) is 2.84. The van der Waals surface area contributed by atoms with Crippen molar-refractivity contribution in [2.75, 3.05) is 0 Å². The molecular weight excluding hydrogens is 239 g/mol. The van der Waals surface area contributed by atoms with Crippen molar-refractivity contribution in [2.45, 2.75) is 5.88 Å². The lowest BCUT2D eigenvalue weighted by molar-refractivity contribution is 0.570. The van der Waals surface area contributed by atoms with Gasteiger partial charge in [0.25, 0.3) is 0 Å². The van der Waals surface area contributed by atoms with Gasteiger partial charge in [0.15, 0.2) is 0 Å². The summed E-state index contributed by atoms with van der Waals surface area (Å²) in [5, 5.41) is 1.08. The number of alkyl halides is 1. The van der Waals surface area contributed by atoms with Crippen LogP contribution in [0, 0.1) is 0 Å². The van der Waals surface area contributed by atoms with Gasteiger partial charge in [-0.1, -0.05) is 12.1 Å². The quantitative estimate of drug-likeness (QED) is 0.694. The molecule has 0 aliphatic rings. The van der Waals surface area contributed by atoms with Gasteiger partial charge in [-0.25, -0.2) is 0 Å². The van der Waals surface area contributed by atoms with E-state index in [1.165, 1.54) is 0 Å². The molecule has 1 aromatic carbocycles. The van der Waals surface area contributed by atoms with Crippen molar-refractivity contribution in [1.29, 1.82) is 0 Å². The number of halogens is 2. The first-order chi connectivity index (χ1) is 5.83. The smallest absolute Gasteiger partial charge is 0.135 e. The third-order valence-electron chi connectivity index (χ3n) is 1.72. The minimum atomic E-state index is 0.398. The Morgan fingerprint density at radius 2 is 2.08 bits per heavy atom. The second kappa shape index (κ2) is 3.11. The van der Waals surface area contributed by atoms with Crippen LogP contribution >= 0.6 is 27.5 Å². The van der Waals surface area contributed by atoms with Crippen LogP contribution in [0.1, 0.15) is 5.76 Å². The van der Waals surface area contributed by atoms with Crippen molar-refractivity contribution >= 4 is 38.5 Å². The molecule has 0 aliphatic heterocycles. The maximum atomic E-state index is 5.68. The molecule has 0 radical (unpaired) electrons. The Labute approximate surface area is 83.4 Å². The Morgan fingerprint density at radius 3 is 2.75 bits per heavy atom. The van der Waals surface area contributed by atoms with Gasteiger partial charge in [0.1, 0.15) is 11.3 Å². The van der Waals surface area contributed by atoms with Crippen LogP contribution in [0.2, 0.25) is 0 Å². The summed E-state index contributed by atoms with van der Waals surface area (Å²) in [7, 11) is 0. The molecule has 0 N–H and O–H groups in total. The molecule has 0 atom stereocenters. The Hall–Kier alpha value is -0.470. The second-order valence-corrected chi connectivity index (χ2v) is 3.53. The van der Waals surface area contributed by atoms with Gasteiger partial charge < -0.3 is 4.42 Å². The summed E-state index contributed by atoms with van der Waals surface area (Å²) >= 11 is 9.11. The van der Waals surface area contributed by atoms with Crippen LogP contribution in [-0.2, 0) is 5.88 Å². The van der Waals surface area contributed by atoms with Gasteiger partial charge in [-0.3, -0.25) is 0 Å². The van der Waals surface area contributed by atoms with Crippen molar-refractivity contribution in [2.24, 2.45) is 0 Å². The number of para-hydroxylation sites is 1. The predicted molar refractivity (Wildman–Crippen MR) is 53.5 cm³/mol. The standard InChI is InChI=1S/C9H6BrClO/c10-9-6-3-1-2-4-7(6)12-8(9)5-11/h1-4H,5H2. The summed E-state index contributed by atoms with van der Waals surface area (Å²) in [4.78, 5) is 0. The molecule has 2 rings (SSSR count). The van der Waals surface area contributed by atoms with E-state index in [2.05, 4.69) is 15.9 Å². The first-order valence-corrected chi connectivity index (χ1v) is 4.87. The van der Waals surface area contributed by atoms with Gasteiger partial charge >= 0.3 is 0 Å². The molecule has 0 saturated heterocycles. The number of furan rings is 1. The Kier molecular flexibility index (Phi) is 2.11. The summed E-state index contributed by atoms with van der Waals surface area (Å²) in [6.07, 6.45) is 0. The molecule has 2 aromatic rings. The van der Waals surface area contributed by atoms with E-state index in [1.54, 1.807) is 0 Å². The predicted octanol–water partition coefficient (Wildman–Crippen LogP) is 3.93. The van der Waals surface area contributed by atoms with E-state index in [1.807, 2.05) is 24.3 Å². The van der Waals surface area contributed by atoms with Crippen molar-refractivity contribution in [3.8, 4) is 0 Å². The highest BCUT2D eigenvalue weighted by molar-refractivity contribution is 9.10. The summed E-state index contributed by atoms with van der Waals surface area (Å²) in [5.41, 5.74) is 0.875. The first-order valence-electron chi connectivity index (χ1n) is 3.55. The highest BCUT2D eigenvalue weighted by Gasteiger charge is 2.08. The van der Waals surface area contributed by atoms with E-state index >= 15 is 0 Å². The van der Waals surface area contributed by atoms with Gasteiger partial charge in [0.2, 0.25) is 0 Å². The Bertz CT molecular complexity index is 408. The lowest BCUT2D eigenvalue weighted by Crippen LogP contribution is -1.69. The van der Waals surface area contributed by atoms with Crippen LogP contribution < -0.4 is 0 Å². The molecule has 0 bridgehead atoms. The molecule has 0 fully saturated rings. The fourth-order valence-corrected chi connectivity index (χ4v) is 2.05. The molecule has 62 valence electrons. The van der Waals surface area contributed by atoms with Crippen LogP contribution in [0.3, 0.4) is 0 Å². The largest absolute Gasteiger partial charge is 0.459 e. The summed E-state index contributed by atoms with van der Waals surface area (Å²) in [5.74, 6) is 1.19. The van der Waals surface area contributed by atoms with E-state index in [0.717, 1.165) is 21.2 Å². The average molecular weight is 246 g/mol. The Morgan fingerprint density at radius 1 is 1.33 bits per heavy atom. The van der Waals surface area contributed by atoms with Crippen LogP contribution in [0.15, 0.2) is 33.2 Å². The van der Waals surface area contributed by atoms with Crippen molar-refractivity contribution in [3.63, 3.8) is 0 Å². The van der Waals surface area contributed by atoms with E-state index < -0.39 is 0 Å². The minimum Gasteiger partial charge on any atom is -0.459 e. The molecule has 12 heavy (non-hydrogen) atoms. The monoisotopic (exact) mass is 244 g/mol. The van der Waals surface area contributed by atoms with E-state index in [9.17, 15) is 0 Å². The number of hydrogen-bond donors (Lipinski definition) is 0. The van der Waals surface area contributed by atoms with Gasteiger partial charge in [0.05, 0.1) is 10.4 Å². The summed E-state index contributed by atoms with van der Waals surface area (Å²) in [6, 6.07) is 7.84. The lowest BCUT2D eigenvalue weighted by Gasteiger charge is -1.85. The zero-order valence-corrected chi connectivity index (χ0v) is 8.52. The molecule has 0 spiro atoms. The highest BCUT2D eigenvalue weighted by Crippen LogP contribution is 2.31. The number of hydrogen-bond acceptors (Lipinski definition) is 1. The van der Waals surface area contributed by atoms with E-state index in [4.69, 9.17) is 16.0 Å². The van der Waals surface area contributed by atoms with Crippen molar-refractivity contribution in [3.05, 3.63) is 34.5 Å². The molecule has 1 aromatic heterocycles. The van der Waals surface area contributed by atoms with Gasteiger partial charge in [0, 0.05) is 5.39 Å². The maximum Gasteiger partial charge on any atom is 0.135 e. The van der Waals surface area contributed by atoms with Crippen molar-refractivity contribution in [1.82, 2.24) is 0 Å². The first kappa shape index (κ1) is 8.14. The minimum absolute atomic E-state index is 0.398. The van der Waals surface area contributed by atoms with E-state index in [0.29, 0.717) is 5.88 Å². The van der Waals surface area contributed by atoms with Crippen molar-refractivity contribution < 1.29 is 4.42 Å². The van der Waals surface area contributed by atoms with Crippen LogP contribution in [0.25, 0.3) is 11.0 Å². The second-order valence-electron chi connectivity index (χ2n) is 2.47. The number of fused-ring (bicyclic) bond motifs is 1. The summed E-state index contributed by atoms with van der Waals surface area (Å²) in [6.45, 7) is 0. The molecule has 1 nitrogen and oxygen atoms in total.